The first-order valence-corrected chi connectivity index (χ1v) is 4.85. The number of methoxy groups -OCH3 is 1. The first-order valence-electron chi connectivity index (χ1n) is 4.85. The van der Waals surface area contributed by atoms with Gasteiger partial charge in [-0.25, -0.2) is 0 Å². The molecule has 0 heterocycles. The van der Waals surface area contributed by atoms with Gasteiger partial charge >= 0.3 is 0 Å². The lowest BCUT2D eigenvalue weighted by molar-refractivity contribution is 0.144. The molecule has 0 aliphatic carbocycles. The minimum absolute atomic E-state index is 0.241. The highest BCUT2D eigenvalue weighted by atomic mass is 16.5. The van der Waals surface area contributed by atoms with Crippen LogP contribution in [0.15, 0.2) is 0 Å². The van der Waals surface area contributed by atoms with Crippen LogP contribution in [0.3, 0.4) is 0 Å². The fraction of sp³-hybridized carbons (Fsp3) is 1.00. The smallest absolute Gasteiger partial charge is 0.0636 e. The van der Waals surface area contributed by atoms with Gasteiger partial charge in [0.1, 0.15) is 0 Å². The molecule has 0 radical (unpaired) electrons. The van der Waals surface area contributed by atoms with E-state index >= 15 is 0 Å². The van der Waals surface area contributed by atoms with E-state index in [-0.39, 0.29) is 11.5 Å². The average molecular weight is 189 g/mol. The molecule has 0 saturated heterocycles. The molecule has 13 heavy (non-hydrogen) atoms. The minimum Gasteiger partial charge on any atom is -0.392 e. The molecule has 0 aliphatic heterocycles. The highest BCUT2D eigenvalue weighted by molar-refractivity contribution is 4.71. The van der Waals surface area contributed by atoms with Gasteiger partial charge in [0, 0.05) is 26.8 Å². The van der Waals surface area contributed by atoms with Crippen molar-refractivity contribution in [2.75, 3.05) is 26.8 Å². The molecule has 0 aromatic rings. The van der Waals surface area contributed by atoms with Crippen LogP contribution in [0, 0.1) is 5.41 Å². The fourth-order valence-corrected chi connectivity index (χ4v) is 1.09. The Bertz CT molecular complexity index is 124. The number of aliphatic hydroxyl groups is 1. The summed E-state index contributed by atoms with van der Waals surface area (Å²) in [6.07, 6.45) is 0.772. The van der Waals surface area contributed by atoms with E-state index < -0.39 is 0 Å². The van der Waals surface area contributed by atoms with Gasteiger partial charge in [0.25, 0.3) is 0 Å². The summed E-state index contributed by atoms with van der Waals surface area (Å²) in [6.45, 7) is 8.55. The highest BCUT2D eigenvalue weighted by Crippen LogP contribution is 2.18. The lowest BCUT2D eigenvalue weighted by Gasteiger charge is -2.25. The van der Waals surface area contributed by atoms with Crippen molar-refractivity contribution >= 4 is 0 Å². The molecule has 0 amide bonds. The van der Waals surface area contributed by atoms with Crippen LogP contribution in [-0.4, -0.2) is 38.0 Å². The minimum atomic E-state index is -0.266. The van der Waals surface area contributed by atoms with Gasteiger partial charge in [0.15, 0.2) is 0 Å². The van der Waals surface area contributed by atoms with E-state index in [1.54, 1.807) is 14.0 Å². The summed E-state index contributed by atoms with van der Waals surface area (Å²) in [7, 11) is 1.72. The van der Waals surface area contributed by atoms with Crippen LogP contribution in [0.25, 0.3) is 0 Å². The quantitative estimate of drug-likeness (QED) is 0.628. The third-order valence-corrected chi connectivity index (χ3v) is 2.03. The second-order valence-corrected chi connectivity index (χ2v) is 4.39. The van der Waals surface area contributed by atoms with Gasteiger partial charge in [-0.2, -0.15) is 0 Å². The first kappa shape index (κ1) is 12.9. The monoisotopic (exact) mass is 189 g/mol. The number of hydrogen-bond acceptors (Lipinski definition) is 3. The predicted octanol–water partition coefficient (Wildman–Crippen LogP) is 1.02. The van der Waals surface area contributed by atoms with Crippen LogP contribution in [0.1, 0.15) is 27.2 Å². The van der Waals surface area contributed by atoms with Crippen LogP contribution < -0.4 is 5.32 Å². The maximum atomic E-state index is 9.04. The standard InChI is InChI=1S/C10H23NO2/c1-9(12)7-11-8-10(2,3)5-6-13-4/h9,11-12H,5-8H2,1-4H3/t9-/m1/s1. The van der Waals surface area contributed by atoms with Crippen molar-refractivity contribution in [2.24, 2.45) is 5.41 Å². The Labute approximate surface area is 81.5 Å². The highest BCUT2D eigenvalue weighted by Gasteiger charge is 2.16. The van der Waals surface area contributed by atoms with E-state index in [9.17, 15) is 0 Å². The van der Waals surface area contributed by atoms with Gasteiger partial charge in [0.05, 0.1) is 6.10 Å². The van der Waals surface area contributed by atoms with Gasteiger partial charge in [-0.1, -0.05) is 13.8 Å². The molecule has 80 valence electrons. The second kappa shape index (κ2) is 6.35. The molecule has 0 aromatic carbocycles. The van der Waals surface area contributed by atoms with Crippen molar-refractivity contribution < 1.29 is 9.84 Å². The van der Waals surface area contributed by atoms with E-state index in [0.717, 1.165) is 19.6 Å². The third-order valence-electron chi connectivity index (χ3n) is 2.03. The average Bonchev–Trinajstić information content (AvgIpc) is 2.00. The van der Waals surface area contributed by atoms with Crippen LogP contribution in [0.4, 0.5) is 0 Å². The summed E-state index contributed by atoms with van der Waals surface area (Å²) in [6, 6.07) is 0. The van der Waals surface area contributed by atoms with Crippen molar-refractivity contribution in [2.45, 2.75) is 33.3 Å². The zero-order valence-electron chi connectivity index (χ0n) is 9.26. The van der Waals surface area contributed by atoms with Crippen molar-refractivity contribution in [3.63, 3.8) is 0 Å². The summed E-state index contributed by atoms with van der Waals surface area (Å²) in [5, 5.41) is 12.3. The van der Waals surface area contributed by atoms with Crippen molar-refractivity contribution in [3.8, 4) is 0 Å². The number of nitrogens with one attached hydrogen (secondary N) is 1. The lowest BCUT2D eigenvalue weighted by Crippen LogP contribution is -2.34. The molecule has 3 heteroatoms. The van der Waals surface area contributed by atoms with Crippen molar-refractivity contribution in [1.29, 1.82) is 0 Å². The zero-order valence-corrected chi connectivity index (χ0v) is 9.26. The predicted molar refractivity (Wildman–Crippen MR) is 54.8 cm³/mol. The van der Waals surface area contributed by atoms with Crippen molar-refractivity contribution in [3.05, 3.63) is 0 Å². The summed E-state index contributed by atoms with van der Waals surface area (Å²) >= 11 is 0. The van der Waals surface area contributed by atoms with Crippen LogP contribution in [-0.2, 0) is 4.74 Å². The molecule has 0 unspecified atom stereocenters. The second-order valence-electron chi connectivity index (χ2n) is 4.39. The third kappa shape index (κ3) is 8.22. The Kier molecular flexibility index (Phi) is 6.29. The number of hydrogen-bond donors (Lipinski definition) is 2. The molecule has 0 saturated carbocycles. The number of ether oxygens (including phenoxy) is 1. The Hall–Kier alpha value is -0.120. The summed E-state index contributed by atoms with van der Waals surface area (Å²) in [5.41, 5.74) is 0.241. The molecule has 0 aromatic heterocycles. The summed E-state index contributed by atoms with van der Waals surface area (Å²) in [5.74, 6) is 0. The van der Waals surface area contributed by atoms with Crippen LogP contribution in [0.2, 0.25) is 0 Å². The molecule has 0 aliphatic rings. The molecule has 0 spiro atoms. The van der Waals surface area contributed by atoms with Crippen LogP contribution >= 0.6 is 0 Å². The molecule has 0 bridgehead atoms. The number of aliphatic hydroxyl groups excluding tert-OH is 1. The van der Waals surface area contributed by atoms with Gasteiger partial charge in [-0.15, -0.1) is 0 Å². The maximum Gasteiger partial charge on any atom is 0.0636 e. The largest absolute Gasteiger partial charge is 0.392 e. The Morgan fingerprint density at radius 2 is 2.08 bits per heavy atom. The van der Waals surface area contributed by atoms with E-state index in [0.29, 0.717) is 6.54 Å². The molecular weight excluding hydrogens is 166 g/mol. The number of rotatable bonds is 7. The fourth-order valence-electron chi connectivity index (χ4n) is 1.09. The lowest BCUT2D eigenvalue weighted by atomic mass is 9.90. The Morgan fingerprint density at radius 1 is 1.46 bits per heavy atom. The van der Waals surface area contributed by atoms with Gasteiger partial charge in [-0.3, -0.25) is 0 Å². The maximum absolute atomic E-state index is 9.04. The molecular formula is C10H23NO2. The van der Waals surface area contributed by atoms with E-state index in [4.69, 9.17) is 9.84 Å². The van der Waals surface area contributed by atoms with Crippen molar-refractivity contribution in [1.82, 2.24) is 5.32 Å². The van der Waals surface area contributed by atoms with E-state index in [2.05, 4.69) is 19.2 Å². The van der Waals surface area contributed by atoms with Crippen LogP contribution in [0.5, 0.6) is 0 Å². The molecule has 3 nitrogen and oxygen atoms in total. The van der Waals surface area contributed by atoms with Gasteiger partial charge < -0.3 is 15.2 Å². The topological polar surface area (TPSA) is 41.5 Å². The van der Waals surface area contributed by atoms with E-state index in [1.807, 2.05) is 0 Å². The first-order chi connectivity index (χ1) is 5.98. The molecule has 0 rings (SSSR count). The Morgan fingerprint density at radius 3 is 2.54 bits per heavy atom. The normalized spacial score (nSPS) is 14.5. The SMILES string of the molecule is COCCC(C)(C)CNC[C@@H](C)O. The zero-order chi connectivity index (χ0) is 10.3. The molecule has 1 atom stereocenters. The molecule has 2 N–H and O–H groups in total. The Balaban J connectivity index is 3.50. The summed E-state index contributed by atoms with van der Waals surface area (Å²) < 4.78 is 5.03. The van der Waals surface area contributed by atoms with Gasteiger partial charge in [-0.05, 0) is 18.8 Å². The molecule has 0 fully saturated rings. The summed E-state index contributed by atoms with van der Waals surface area (Å²) in [4.78, 5) is 0. The van der Waals surface area contributed by atoms with Gasteiger partial charge in [0.2, 0.25) is 0 Å². The van der Waals surface area contributed by atoms with E-state index in [1.165, 1.54) is 0 Å².